The summed E-state index contributed by atoms with van der Waals surface area (Å²) in [6, 6.07) is 12.9. The molecule has 0 saturated carbocycles. The van der Waals surface area contributed by atoms with Gasteiger partial charge in [-0.2, -0.15) is 5.26 Å². The van der Waals surface area contributed by atoms with Crippen molar-refractivity contribution in [3.05, 3.63) is 59.4 Å². The van der Waals surface area contributed by atoms with E-state index in [1.54, 1.807) is 31.3 Å². The first kappa shape index (κ1) is 13.6. The quantitative estimate of drug-likeness (QED) is 0.900. The summed E-state index contributed by atoms with van der Waals surface area (Å²) in [5.41, 5.74) is 1.05. The van der Waals surface area contributed by atoms with E-state index in [1.165, 1.54) is 18.2 Å². The third-order valence-electron chi connectivity index (χ3n) is 2.80. The van der Waals surface area contributed by atoms with Crippen LogP contribution in [-0.2, 0) is 0 Å². The molecular weight excluding hydrogens is 257 g/mol. The minimum absolute atomic E-state index is 0.124. The van der Waals surface area contributed by atoms with Crippen LogP contribution in [0.3, 0.4) is 0 Å². The van der Waals surface area contributed by atoms with Gasteiger partial charge < -0.3 is 10.6 Å². The lowest BCUT2D eigenvalue weighted by Crippen LogP contribution is -2.15. The van der Waals surface area contributed by atoms with E-state index in [1.807, 2.05) is 6.07 Å². The number of carbonyl (C=O) groups excluding carboxylic acids is 1. The van der Waals surface area contributed by atoms with Crippen LogP contribution in [0.5, 0.6) is 0 Å². The number of nitrogens with one attached hydrogen (secondary N) is 2. The van der Waals surface area contributed by atoms with Gasteiger partial charge >= 0.3 is 0 Å². The molecule has 0 spiro atoms. The van der Waals surface area contributed by atoms with Crippen molar-refractivity contribution in [1.82, 2.24) is 0 Å². The topological polar surface area (TPSA) is 64.9 Å². The van der Waals surface area contributed by atoms with Gasteiger partial charge in [0.2, 0.25) is 0 Å². The predicted molar refractivity (Wildman–Crippen MR) is 75.1 cm³/mol. The molecular formula is C15H12FN3O. The molecule has 20 heavy (non-hydrogen) atoms. The Morgan fingerprint density at radius 2 is 1.95 bits per heavy atom. The molecule has 0 aliphatic rings. The van der Waals surface area contributed by atoms with Crippen molar-refractivity contribution in [2.45, 2.75) is 0 Å². The van der Waals surface area contributed by atoms with E-state index in [-0.39, 0.29) is 11.3 Å². The molecule has 0 aromatic heterocycles. The standard InChI is InChI=1S/C15H12FN3O/c1-18-14-11(6-4-7-12(14)16)15(20)19-13-8-3-2-5-10(13)9-17/h2-8,18H,1H3,(H,19,20). The second kappa shape index (κ2) is 5.85. The first-order valence-electron chi connectivity index (χ1n) is 5.94. The Morgan fingerprint density at radius 3 is 2.65 bits per heavy atom. The van der Waals surface area contributed by atoms with E-state index in [0.717, 1.165) is 0 Å². The number of hydrogen-bond donors (Lipinski definition) is 2. The SMILES string of the molecule is CNc1c(F)cccc1C(=O)Nc1ccccc1C#N. The highest BCUT2D eigenvalue weighted by atomic mass is 19.1. The van der Waals surface area contributed by atoms with E-state index in [0.29, 0.717) is 11.3 Å². The number of para-hydroxylation sites is 2. The fourth-order valence-corrected chi connectivity index (χ4v) is 1.85. The first-order valence-corrected chi connectivity index (χ1v) is 5.94. The lowest BCUT2D eigenvalue weighted by atomic mass is 10.1. The van der Waals surface area contributed by atoms with Gasteiger partial charge in [0.05, 0.1) is 22.5 Å². The van der Waals surface area contributed by atoms with Gasteiger partial charge in [-0.1, -0.05) is 18.2 Å². The zero-order chi connectivity index (χ0) is 14.5. The molecule has 0 saturated heterocycles. The van der Waals surface area contributed by atoms with Crippen LogP contribution in [0.4, 0.5) is 15.8 Å². The molecule has 2 N–H and O–H groups in total. The van der Waals surface area contributed by atoms with Gasteiger partial charge in [-0.3, -0.25) is 4.79 Å². The van der Waals surface area contributed by atoms with Crippen LogP contribution in [-0.4, -0.2) is 13.0 Å². The van der Waals surface area contributed by atoms with Crippen LogP contribution in [0.1, 0.15) is 15.9 Å². The maximum atomic E-state index is 13.6. The Balaban J connectivity index is 2.34. The first-order chi connectivity index (χ1) is 9.67. The smallest absolute Gasteiger partial charge is 0.257 e. The second-order valence-corrected chi connectivity index (χ2v) is 4.02. The van der Waals surface area contributed by atoms with Crippen molar-refractivity contribution in [3.63, 3.8) is 0 Å². The van der Waals surface area contributed by atoms with E-state index in [2.05, 4.69) is 10.6 Å². The number of hydrogen-bond acceptors (Lipinski definition) is 3. The van der Waals surface area contributed by atoms with Crippen LogP contribution in [0.2, 0.25) is 0 Å². The average Bonchev–Trinajstić information content (AvgIpc) is 2.47. The number of amides is 1. The number of anilines is 2. The number of nitrogens with zero attached hydrogens (tertiary/aromatic N) is 1. The van der Waals surface area contributed by atoms with Gasteiger partial charge in [0, 0.05) is 7.05 Å². The number of benzene rings is 2. The summed E-state index contributed by atoms with van der Waals surface area (Å²) in [5, 5.41) is 14.2. The van der Waals surface area contributed by atoms with E-state index < -0.39 is 11.7 Å². The molecule has 0 heterocycles. The van der Waals surface area contributed by atoms with Crippen molar-refractivity contribution in [2.24, 2.45) is 0 Å². The second-order valence-electron chi connectivity index (χ2n) is 4.02. The van der Waals surface area contributed by atoms with E-state index >= 15 is 0 Å². The van der Waals surface area contributed by atoms with Crippen molar-refractivity contribution >= 4 is 17.3 Å². The molecule has 1 amide bonds. The molecule has 0 fully saturated rings. The van der Waals surface area contributed by atoms with E-state index in [4.69, 9.17) is 5.26 Å². The minimum atomic E-state index is -0.506. The summed E-state index contributed by atoms with van der Waals surface area (Å²) in [6.45, 7) is 0. The average molecular weight is 269 g/mol. The molecule has 0 unspecified atom stereocenters. The van der Waals surface area contributed by atoms with Gasteiger partial charge in [0.1, 0.15) is 11.9 Å². The zero-order valence-corrected chi connectivity index (χ0v) is 10.8. The summed E-state index contributed by atoms with van der Waals surface area (Å²) >= 11 is 0. The number of rotatable bonds is 3. The highest BCUT2D eigenvalue weighted by Crippen LogP contribution is 2.21. The molecule has 0 bridgehead atoms. The van der Waals surface area contributed by atoms with Crippen molar-refractivity contribution < 1.29 is 9.18 Å². The molecule has 0 aliphatic carbocycles. The third-order valence-corrected chi connectivity index (χ3v) is 2.80. The van der Waals surface area contributed by atoms with Gasteiger partial charge in [-0.15, -0.1) is 0 Å². The Bertz CT molecular complexity index is 692. The van der Waals surface area contributed by atoms with Crippen molar-refractivity contribution in [2.75, 3.05) is 17.7 Å². The molecule has 2 rings (SSSR count). The largest absolute Gasteiger partial charge is 0.385 e. The Morgan fingerprint density at radius 1 is 1.20 bits per heavy atom. The maximum Gasteiger partial charge on any atom is 0.257 e. The van der Waals surface area contributed by atoms with Gasteiger partial charge in [-0.05, 0) is 24.3 Å². The monoisotopic (exact) mass is 269 g/mol. The van der Waals surface area contributed by atoms with Crippen LogP contribution >= 0.6 is 0 Å². The predicted octanol–water partition coefficient (Wildman–Crippen LogP) is 2.99. The molecule has 0 atom stereocenters. The molecule has 0 aliphatic heterocycles. The maximum absolute atomic E-state index is 13.6. The fraction of sp³-hybridized carbons (Fsp3) is 0.0667. The molecule has 100 valence electrons. The summed E-state index contributed by atoms with van der Waals surface area (Å²) in [7, 11) is 1.54. The number of carbonyl (C=O) groups is 1. The highest BCUT2D eigenvalue weighted by Gasteiger charge is 2.15. The van der Waals surface area contributed by atoms with Crippen molar-refractivity contribution in [1.29, 1.82) is 5.26 Å². The summed E-state index contributed by atoms with van der Waals surface area (Å²) in [6.07, 6.45) is 0. The van der Waals surface area contributed by atoms with E-state index in [9.17, 15) is 9.18 Å². The molecule has 2 aromatic carbocycles. The summed E-state index contributed by atoms with van der Waals surface area (Å²) < 4.78 is 13.6. The van der Waals surface area contributed by atoms with Gasteiger partial charge in [0.15, 0.2) is 0 Å². The lowest BCUT2D eigenvalue weighted by molar-refractivity contribution is 0.102. The molecule has 0 radical (unpaired) electrons. The molecule has 4 nitrogen and oxygen atoms in total. The number of nitriles is 1. The minimum Gasteiger partial charge on any atom is -0.385 e. The summed E-state index contributed by atoms with van der Waals surface area (Å²) in [5.74, 6) is -0.981. The highest BCUT2D eigenvalue weighted by molar-refractivity contribution is 6.08. The number of halogens is 1. The van der Waals surface area contributed by atoms with Gasteiger partial charge in [-0.25, -0.2) is 4.39 Å². The zero-order valence-electron chi connectivity index (χ0n) is 10.8. The Labute approximate surface area is 115 Å². The van der Waals surface area contributed by atoms with Gasteiger partial charge in [0.25, 0.3) is 5.91 Å². The Hall–Kier alpha value is -2.87. The summed E-state index contributed by atoms with van der Waals surface area (Å²) in [4.78, 5) is 12.2. The van der Waals surface area contributed by atoms with Crippen LogP contribution in [0.15, 0.2) is 42.5 Å². The Kier molecular flexibility index (Phi) is 3.96. The van der Waals surface area contributed by atoms with Crippen LogP contribution in [0, 0.1) is 17.1 Å². The fourth-order valence-electron chi connectivity index (χ4n) is 1.85. The van der Waals surface area contributed by atoms with Crippen molar-refractivity contribution in [3.8, 4) is 6.07 Å². The lowest BCUT2D eigenvalue weighted by Gasteiger charge is -2.11. The third kappa shape index (κ3) is 2.59. The normalized spacial score (nSPS) is 9.65. The molecule has 5 heteroatoms. The van der Waals surface area contributed by atoms with Crippen LogP contribution < -0.4 is 10.6 Å². The van der Waals surface area contributed by atoms with Crippen LogP contribution in [0.25, 0.3) is 0 Å². The molecule has 2 aromatic rings.